The largest absolute Gasteiger partial charge is 0.493 e. The zero-order valence-corrected chi connectivity index (χ0v) is 18.6. The molecule has 7 nitrogen and oxygen atoms in total. The van der Waals surface area contributed by atoms with Gasteiger partial charge in [-0.15, -0.1) is 6.58 Å². The van der Waals surface area contributed by atoms with E-state index in [-0.39, 0.29) is 11.3 Å². The van der Waals surface area contributed by atoms with Crippen LogP contribution in [0.1, 0.15) is 24.5 Å². The minimum absolute atomic E-state index is 0.196. The first kappa shape index (κ1) is 23.1. The van der Waals surface area contributed by atoms with E-state index in [0.29, 0.717) is 35.1 Å². The summed E-state index contributed by atoms with van der Waals surface area (Å²) in [6.07, 6.45) is 4.47. The number of urea groups is 1. The number of benzene rings is 2. The molecule has 0 radical (unpaired) electrons. The van der Waals surface area contributed by atoms with Crippen molar-refractivity contribution in [3.63, 3.8) is 0 Å². The highest BCUT2D eigenvalue weighted by atomic mass is 35.5. The van der Waals surface area contributed by atoms with E-state index in [4.69, 9.17) is 21.1 Å². The predicted molar refractivity (Wildman–Crippen MR) is 123 cm³/mol. The Hall–Kier alpha value is -3.58. The number of carbonyl (C=O) groups excluding carboxylic acids is 3. The van der Waals surface area contributed by atoms with Crippen molar-refractivity contribution in [2.45, 2.75) is 19.8 Å². The summed E-state index contributed by atoms with van der Waals surface area (Å²) in [5, 5.41) is 2.55. The Bertz CT molecular complexity index is 1110. The van der Waals surface area contributed by atoms with Gasteiger partial charge in [-0.05, 0) is 54.8 Å². The highest BCUT2D eigenvalue weighted by molar-refractivity contribution is 6.39. The molecule has 1 aliphatic rings. The molecule has 2 aromatic rings. The van der Waals surface area contributed by atoms with E-state index in [2.05, 4.69) is 11.9 Å². The van der Waals surface area contributed by atoms with E-state index in [1.165, 1.54) is 19.3 Å². The molecule has 0 bridgehead atoms. The van der Waals surface area contributed by atoms with Crippen LogP contribution in [0.4, 0.5) is 10.5 Å². The van der Waals surface area contributed by atoms with Crippen molar-refractivity contribution in [3.05, 3.63) is 70.8 Å². The van der Waals surface area contributed by atoms with E-state index >= 15 is 0 Å². The summed E-state index contributed by atoms with van der Waals surface area (Å²) >= 11 is 6.00. The van der Waals surface area contributed by atoms with E-state index in [1.807, 2.05) is 6.92 Å². The van der Waals surface area contributed by atoms with Crippen LogP contribution in [0.2, 0.25) is 5.02 Å². The fraction of sp³-hybridized carbons (Fsp3) is 0.208. The van der Waals surface area contributed by atoms with Gasteiger partial charge in [-0.1, -0.05) is 30.7 Å². The molecule has 32 heavy (non-hydrogen) atoms. The average molecular weight is 455 g/mol. The quantitative estimate of drug-likeness (QED) is 0.360. The van der Waals surface area contributed by atoms with Gasteiger partial charge in [0.05, 0.1) is 19.4 Å². The summed E-state index contributed by atoms with van der Waals surface area (Å²) in [6.45, 7) is 6.29. The van der Waals surface area contributed by atoms with Crippen molar-refractivity contribution in [1.29, 1.82) is 0 Å². The van der Waals surface area contributed by atoms with Crippen LogP contribution in [-0.2, 0) is 16.0 Å². The Morgan fingerprint density at radius 3 is 2.62 bits per heavy atom. The zero-order valence-electron chi connectivity index (χ0n) is 17.8. The summed E-state index contributed by atoms with van der Waals surface area (Å²) in [5.41, 5.74) is 1.40. The molecule has 1 fully saturated rings. The van der Waals surface area contributed by atoms with Crippen molar-refractivity contribution < 1.29 is 23.9 Å². The van der Waals surface area contributed by atoms with Crippen LogP contribution in [0.25, 0.3) is 6.08 Å². The molecule has 0 aliphatic carbocycles. The van der Waals surface area contributed by atoms with Gasteiger partial charge in [0.25, 0.3) is 11.8 Å². The van der Waals surface area contributed by atoms with E-state index in [0.717, 1.165) is 16.9 Å². The number of amides is 4. The molecule has 0 spiro atoms. The number of halogens is 1. The van der Waals surface area contributed by atoms with Crippen LogP contribution in [-0.4, -0.2) is 31.6 Å². The van der Waals surface area contributed by atoms with Crippen LogP contribution >= 0.6 is 11.6 Å². The van der Waals surface area contributed by atoms with Crippen LogP contribution in [0, 0.1) is 0 Å². The van der Waals surface area contributed by atoms with Gasteiger partial charge in [0, 0.05) is 10.6 Å². The first-order chi connectivity index (χ1) is 15.4. The van der Waals surface area contributed by atoms with Gasteiger partial charge in [0.15, 0.2) is 11.5 Å². The number of hydrogen-bond donors (Lipinski definition) is 1. The smallest absolute Gasteiger partial charge is 0.335 e. The van der Waals surface area contributed by atoms with Crippen LogP contribution in [0.3, 0.4) is 0 Å². The van der Waals surface area contributed by atoms with Gasteiger partial charge in [-0.3, -0.25) is 14.9 Å². The molecule has 0 atom stereocenters. The number of nitrogens with zero attached hydrogens (tertiary/aromatic N) is 1. The third kappa shape index (κ3) is 4.84. The van der Waals surface area contributed by atoms with Crippen molar-refractivity contribution in [3.8, 4) is 11.5 Å². The summed E-state index contributed by atoms with van der Waals surface area (Å²) in [5.74, 6) is -0.479. The molecule has 4 amide bonds. The Morgan fingerprint density at radius 2 is 1.97 bits per heavy atom. The number of hydrogen-bond acceptors (Lipinski definition) is 5. The third-order valence-corrected chi connectivity index (χ3v) is 4.90. The topological polar surface area (TPSA) is 84.9 Å². The van der Waals surface area contributed by atoms with Crippen molar-refractivity contribution >= 4 is 41.2 Å². The molecule has 1 saturated heterocycles. The molecule has 0 unspecified atom stereocenters. The number of anilines is 1. The monoisotopic (exact) mass is 454 g/mol. The van der Waals surface area contributed by atoms with Crippen molar-refractivity contribution in [2.75, 3.05) is 18.6 Å². The van der Waals surface area contributed by atoms with Gasteiger partial charge in [-0.2, -0.15) is 0 Å². The molecule has 1 N–H and O–H groups in total. The van der Waals surface area contributed by atoms with Gasteiger partial charge in [-0.25, -0.2) is 9.69 Å². The second-order valence-electron chi connectivity index (χ2n) is 6.99. The van der Waals surface area contributed by atoms with Gasteiger partial charge in [0.2, 0.25) is 0 Å². The molecule has 2 aromatic carbocycles. The minimum Gasteiger partial charge on any atom is -0.493 e. The maximum atomic E-state index is 13.1. The molecular formula is C24H23ClN2O5. The highest BCUT2D eigenvalue weighted by Crippen LogP contribution is 2.35. The molecule has 1 aliphatic heterocycles. The summed E-state index contributed by atoms with van der Waals surface area (Å²) in [7, 11) is 1.51. The Kier molecular flexibility index (Phi) is 7.33. The molecule has 1 heterocycles. The summed E-state index contributed by atoms with van der Waals surface area (Å²) in [6, 6.07) is 8.88. The normalized spacial score (nSPS) is 15.0. The highest BCUT2D eigenvalue weighted by Gasteiger charge is 2.37. The molecule has 3 rings (SSSR count). The second-order valence-corrected chi connectivity index (χ2v) is 7.43. The Morgan fingerprint density at radius 1 is 1.19 bits per heavy atom. The molecule has 166 valence electrons. The lowest BCUT2D eigenvalue weighted by Gasteiger charge is -2.26. The number of carbonyl (C=O) groups is 3. The maximum absolute atomic E-state index is 13.1. The lowest BCUT2D eigenvalue weighted by Crippen LogP contribution is -2.54. The molecule has 0 aromatic heterocycles. The van der Waals surface area contributed by atoms with Crippen molar-refractivity contribution in [2.24, 2.45) is 0 Å². The number of imide groups is 2. The number of rotatable bonds is 8. The number of nitrogens with one attached hydrogen (secondary N) is 1. The van der Waals surface area contributed by atoms with Gasteiger partial charge in [0.1, 0.15) is 5.57 Å². The first-order valence-electron chi connectivity index (χ1n) is 10.0. The Balaban J connectivity index is 2.06. The maximum Gasteiger partial charge on any atom is 0.335 e. The molecular weight excluding hydrogens is 432 g/mol. The second kappa shape index (κ2) is 10.2. The standard InChI is InChI=1S/C24H23ClN2O5/c1-4-7-16-11-15(13-20(31-3)21(16)32-10-5-2)12-19-22(28)26-24(30)27(23(19)29)18-9-6-8-17(25)14-18/h4,6,8-9,11-14H,1,5,7,10H2,2-3H3,(H,26,28,30)/b19-12+. The minimum atomic E-state index is -0.840. The first-order valence-corrected chi connectivity index (χ1v) is 10.4. The summed E-state index contributed by atoms with van der Waals surface area (Å²) < 4.78 is 11.3. The third-order valence-electron chi connectivity index (χ3n) is 4.67. The zero-order chi connectivity index (χ0) is 23.3. The lowest BCUT2D eigenvalue weighted by atomic mass is 10.0. The van der Waals surface area contributed by atoms with Gasteiger partial charge >= 0.3 is 6.03 Å². The number of ether oxygens (including phenoxy) is 2. The fourth-order valence-electron chi connectivity index (χ4n) is 3.27. The molecule has 8 heteroatoms. The Labute approximate surface area is 191 Å². The van der Waals surface area contributed by atoms with Crippen LogP contribution in [0.15, 0.2) is 54.6 Å². The van der Waals surface area contributed by atoms with Crippen LogP contribution < -0.4 is 19.7 Å². The number of methoxy groups -OCH3 is 1. The summed E-state index contributed by atoms with van der Waals surface area (Å²) in [4.78, 5) is 38.8. The number of allylic oxidation sites excluding steroid dienone is 1. The SMILES string of the molecule is C=CCc1cc(/C=C2\C(=O)NC(=O)N(c3cccc(Cl)c3)C2=O)cc(OC)c1OCCC. The van der Waals surface area contributed by atoms with Crippen LogP contribution in [0.5, 0.6) is 11.5 Å². The van der Waals surface area contributed by atoms with Crippen molar-refractivity contribution in [1.82, 2.24) is 5.32 Å². The fourth-order valence-corrected chi connectivity index (χ4v) is 3.45. The average Bonchev–Trinajstić information content (AvgIpc) is 2.75. The number of barbiturate groups is 1. The van der Waals surface area contributed by atoms with E-state index < -0.39 is 17.8 Å². The van der Waals surface area contributed by atoms with Gasteiger partial charge < -0.3 is 9.47 Å². The predicted octanol–water partition coefficient (Wildman–Crippen LogP) is 4.53. The molecule has 0 saturated carbocycles. The lowest BCUT2D eigenvalue weighted by molar-refractivity contribution is -0.122. The van der Waals surface area contributed by atoms with E-state index in [1.54, 1.807) is 36.4 Å². The van der Waals surface area contributed by atoms with E-state index in [9.17, 15) is 14.4 Å².